The smallest absolute Gasteiger partial charge is 0.289 e. The zero-order valence-corrected chi connectivity index (χ0v) is 19.3. The van der Waals surface area contributed by atoms with Crippen molar-refractivity contribution in [2.45, 2.75) is 32.6 Å². The monoisotopic (exact) mass is 452 g/mol. The highest BCUT2D eigenvalue weighted by Crippen LogP contribution is 2.31. The van der Waals surface area contributed by atoms with E-state index in [-0.39, 0.29) is 17.7 Å². The van der Waals surface area contributed by atoms with Crippen LogP contribution in [0.2, 0.25) is 0 Å². The number of aromatic nitrogens is 2. The van der Waals surface area contributed by atoms with Gasteiger partial charge in [0.25, 0.3) is 11.8 Å². The molecule has 0 radical (unpaired) electrons. The highest BCUT2D eigenvalue weighted by Gasteiger charge is 2.28. The van der Waals surface area contributed by atoms with Crippen LogP contribution in [-0.2, 0) is 0 Å². The van der Waals surface area contributed by atoms with Gasteiger partial charge in [-0.05, 0) is 38.9 Å². The van der Waals surface area contributed by atoms with Crippen LogP contribution in [-0.4, -0.2) is 64.0 Å². The summed E-state index contributed by atoms with van der Waals surface area (Å²) in [5.41, 5.74) is 3.87. The lowest BCUT2D eigenvalue weighted by molar-refractivity contribution is 0.0717. The van der Waals surface area contributed by atoms with Crippen molar-refractivity contribution in [1.29, 1.82) is 0 Å². The fourth-order valence-corrected chi connectivity index (χ4v) is 5.12. The van der Waals surface area contributed by atoms with Crippen LogP contribution in [0.5, 0.6) is 0 Å². The molecule has 0 saturated carbocycles. The number of thiocarbonyl (C=S) groups is 1. The number of thiazole rings is 2. The van der Waals surface area contributed by atoms with Crippen molar-refractivity contribution in [1.82, 2.24) is 30.6 Å². The second-order valence-electron chi connectivity index (χ2n) is 6.84. The number of hydrogen-bond donors (Lipinski definition) is 2. The molecule has 0 unspecified atom stereocenters. The summed E-state index contributed by atoms with van der Waals surface area (Å²) in [5, 5.41) is 8.27. The standard InChI is InChI=1S/C18H24N6O2S3/c1-10-14(29-11(2)20-10)17(26)24-7-5-12(6-8-24)16-21-13(9-28-16)15(25)22-23(4)18(27)19-3/h9,12H,5-8H2,1-4H3,(H,19,27)(H,22,25). The van der Waals surface area contributed by atoms with E-state index in [1.807, 2.05) is 18.7 Å². The molecule has 2 aromatic rings. The lowest BCUT2D eigenvalue weighted by atomic mass is 9.97. The van der Waals surface area contributed by atoms with Gasteiger partial charge in [0, 0.05) is 38.5 Å². The number of likely N-dealkylation sites (tertiary alicyclic amines) is 1. The Hall–Kier alpha value is -2.11. The molecule has 0 aliphatic carbocycles. The van der Waals surface area contributed by atoms with Gasteiger partial charge < -0.3 is 10.2 Å². The first-order valence-electron chi connectivity index (χ1n) is 9.25. The zero-order valence-electron chi connectivity index (χ0n) is 16.8. The van der Waals surface area contributed by atoms with Crippen LogP contribution >= 0.6 is 34.9 Å². The summed E-state index contributed by atoms with van der Waals surface area (Å²) < 4.78 is 0. The van der Waals surface area contributed by atoms with Gasteiger partial charge in [-0.1, -0.05) is 0 Å². The van der Waals surface area contributed by atoms with Gasteiger partial charge >= 0.3 is 0 Å². The van der Waals surface area contributed by atoms with Crippen molar-refractivity contribution < 1.29 is 9.59 Å². The Bertz CT molecular complexity index is 917. The zero-order chi connectivity index (χ0) is 21.1. The van der Waals surface area contributed by atoms with Gasteiger partial charge in [-0.2, -0.15) is 0 Å². The average molecular weight is 453 g/mol. The number of nitrogens with one attached hydrogen (secondary N) is 2. The first-order valence-corrected chi connectivity index (χ1v) is 11.4. The Labute approximate surface area is 183 Å². The van der Waals surface area contributed by atoms with E-state index in [1.165, 1.54) is 27.7 Å². The van der Waals surface area contributed by atoms with E-state index in [1.54, 1.807) is 19.5 Å². The van der Waals surface area contributed by atoms with Crippen LogP contribution in [0.25, 0.3) is 0 Å². The van der Waals surface area contributed by atoms with Crippen LogP contribution in [0.3, 0.4) is 0 Å². The van der Waals surface area contributed by atoms with Gasteiger partial charge in [0.1, 0.15) is 10.6 Å². The molecule has 0 aromatic carbocycles. The molecule has 2 aromatic heterocycles. The molecule has 1 aliphatic heterocycles. The molecule has 29 heavy (non-hydrogen) atoms. The van der Waals surface area contributed by atoms with Gasteiger partial charge in [-0.15, -0.1) is 22.7 Å². The third-order valence-corrected chi connectivity index (χ3v) is 7.32. The van der Waals surface area contributed by atoms with Gasteiger partial charge in [0.05, 0.1) is 15.7 Å². The minimum atomic E-state index is -0.295. The number of carbonyl (C=O) groups excluding carboxylic acids is 2. The number of hydrogen-bond acceptors (Lipinski definition) is 7. The Kier molecular flexibility index (Phi) is 6.81. The van der Waals surface area contributed by atoms with Crippen molar-refractivity contribution in [2.75, 3.05) is 27.2 Å². The molecular weight excluding hydrogens is 428 g/mol. The normalized spacial score (nSPS) is 14.6. The van der Waals surface area contributed by atoms with Crippen molar-refractivity contribution in [3.8, 4) is 0 Å². The maximum Gasteiger partial charge on any atom is 0.289 e. The number of amides is 2. The largest absolute Gasteiger partial charge is 0.364 e. The van der Waals surface area contributed by atoms with E-state index in [9.17, 15) is 9.59 Å². The molecule has 11 heteroatoms. The Balaban J connectivity index is 1.58. The van der Waals surface area contributed by atoms with Crippen LogP contribution < -0.4 is 10.7 Å². The molecule has 2 amide bonds. The van der Waals surface area contributed by atoms with Gasteiger partial charge in [0.15, 0.2) is 5.11 Å². The Morgan fingerprint density at radius 3 is 2.55 bits per heavy atom. The molecule has 3 rings (SSSR count). The SMILES string of the molecule is CNC(=S)N(C)NC(=O)c1csc(C2CCN(C(=O)c3sc(C)nc3C)CC2)n1. The van der Waals surface area contributed by atoms with Crippen LogP contribution in [0, 0.1) is 13.8 Å². The number of carbonyl (C=O) groups is 2. The van der Waals surface area contributed by atoms with Crippen LogP contribution in [0.1, 0.15) is 54.6 Å². The van der Waals surface area contributed by atoms with E-state index in [0.29, 0.717) is 23.9 Å². The molecule has 0 bridgehead atoms. The lowest BCUT2D eigenvalue weighted by Gasteiger charge is -2.30. The summed E-state index contributed by atoms with van der Waals surface area (Å²) in [7, 11) is 3.36. The van der Waals surface area contributed by atoms with E-state index < -0.39 is 0 Å². The molecule has 0 atom stereocenters. The van der Waals surface area contributed by atoms with Crippen molar-refractivity contribution in [2.24, 2.45) is 0 Å². The van der Waals surface area contributed by atoms with Crippen molar-refractivity contribution in [3.63, 3.8) is 0 Å². The quantitative estimate of drug-likeness (QED) is 0.546. The van der Waals surface area contributed by atoms with E-state index in [2.05, 4.69) is 20.7 Å². The molecule has 1 aliphatic rings. The predicted molar refractivity (Wildman–Crippen MR) is 118 cm³/mol. The van der Waals surface area contributed by atoms with E-state index in [0.717, 1.165) is 33.4 Å². The predicted octanol–water partition coefficient (Wildman–Crippen LogP) is 2.32. The van der Waals surface area contributed by atoms with Crippen molar-refractivity contribution in [3.05, 3.63) is 31.7 Å². The van der Waals surface area contributed by atoms with Gasteiger partial charge in [-0.25, -0.2) is 9.97 Å². The number of nitrogens with zero attached hydrogens (tertiary/aromatic N) is 4. The average Bonchev–Trinajstić information content (AvgIpc) is 3.33. The molecule has 156 valence electrons. The summed E-state index contributed by atoms with van der Waals surface area (Å²) in [6.45, 7) is 5.16. The highest BCUT2D eigenvalue weighted by atomic mass is 32.1. The molecule has 0 spiro atoms. The van der Waals surface area contributed by atoms with Crippen molar-refractivity contribution >= 4 is 51.8 Å². The second-order valence-corrected chi connectivity index (χ2v) is 9.32. The topological polar surface area (TPSA) is 90.5 Å². The minimum Gasteiger partial charge on any atom is -0.364 e. The molecule has 3 heterocycles. The fourth-order valence-electron chi connectivity index (χ4n) is 3.21. The third-order valence-electron chi connectivity index (χ3n) is 4.77. The fraction of sp³-hybridized carbons (Fsp3) is 0.500. The van der Waals surface area contributed by atoms with E-state index >= 15 is 0 Å². The number of piperidine rings is 1. The highest BCUT2D eigenvalue weighted by molar-refractivity contribution is 7.80. The van der Waals surface area contributed by atoms with Crippen LogP contribution in [0.15, 0.2) is 5.38 Å². The lowest BCUT2D eigenvalue weighted by Crippen LogP contribution is -2.47. The maximum atomic E-state index is 12.8. The van der Waals surface area contributed by atoms with E-state index in [4.69, 9.17) is 12.2 Å². The summed E-state index contributed by atoms with van der Waals surface area (Å²) in [6.07, 6.45) is 1.67. The molecule has 1 fully saturated rings. The number of aryl methyl sites for hydroxylation is 2. The molecular formula is C18H24N6O2S3. The van der Waals surface area contributed by atoms with Gasteiger partial charge in [-0.3, -0.25) is 20.0 Å². The van der Waals surface area contributed by atoms with Crippen LogP contribution in [0.4, 0.5) is 0 Å². The number of rotatable bonds is 3. The summed E-state index contributed by atoms with van der Waals surface area (Å²) in [6, 6.07) is 0. The minimum absolute atomic E-state index is 0.0642. The summed E-state index contributed by atoms with van der Waals surface area (Å²) in [5.74, 6) is 0.0246. The Morgan fingerprint density at radius 1 is 1.28 bits per heavy atom. The maximum absolute atomic E-state index is 12.8. The molecule has 8 nitrogen and oxygen atoms in total. The number of hydrazine groups is 1. The first-order chi connectivity index (χ1) is 13.8. The second kappa shape index (κ2) is 9.14. The summed E-state index contributed by atoms with van der Waals surface area (Å²) in [4.78, 5) is 36.6. The van der Waals surface area contributed by atoms with Gasteiger partial charge in [0.2, 0.25) is 0 Å². The molecule has 2 N–H and O–H groups in total. The first kappa shape index (κ1) is 21.6. The molecule has 1 saturated heterocycles. The third kappa shape index (κ3) is 4.90. The summed E-state index contributed by atoms with van der Waals surface area (Å²) >= 11 is 8.02. The Morgan fingerprint density at radius 2 is 1.97 bits per heavy atom.